The van der Waals surface area contributed by atoms with Crippen LogP contribution in [-0.4, -0.2) is 22.3 Å². The summed E-state index contributed by atoms with van der Waals surface area (Å²) in [7, 11) is 0. The second kappa shape index (κ2) is 3.42. The van der Waals surface area contributed by atoms with E-state index in [0.29, 0.717) is 12.8 Å². The standard InChI is InChI=1S/C11H12O3/c12-10-6-8-4-2-1-3-7(8)5-9(10)11(13)14/h1-4,9-10,12H,5-6H2,(H,13,14)/t9-,10-/m0/s1. The molecule has 0 unspecified atom stereocenters. The third-order valence-electron chi connectivity index (χ3n) is 2.77. The van der Waals surface area contributed by atoms with Gasteiger partial charge in [0.2, 0.25) is 0 Å². The molecule has 0 saturated heterocycles. The number of fused-ring (bicyclic) bond motifs is 1. The van der Waals surface area contributed by atoms with Gasteiger partial charge in [0.1, 0.15) is 0 Å². The number of benzene rings is 1. The van der Waals surface area contributed by atoms with Gasteiger partial charge in [-0.3, -0.25) is 4.79 Å². The molecule has 0 spiro atoms. The SMILES string of the molecule is O=C(O)[C@H]1Cc2ccccc2C[C@@H]1O. The molecule has 0 heterocycles. The Bertz CT molecular complexity index is 359. The highest BCUT2D eigenvalue weighted by Gasteiger charge is 2.31. The molecule has 1 aliphatic carbocycles. The number of aliphatic hydroxyl groups excluding tert-OH is 1. The number of aliphatic carboxylic acids is 1. The molecule has 2 N–H and O–H groups in total. The molecule has 0 saturated carbocycles. The number of rotatable bonds is 1. The summed E-state index contributed by atoms with van der Waals surface area (Å²) < 4.78 is 0. The summed E-state index contributed by atoms with van der Waals surface area (Å²) in [6, 6.07) is 7.68. The summed E-state index contributed by atoms with van der Waals surface area (Å²) in [4.78, 5) is 10.8. The number of hydrogen-bond acceptors (Lipinski definition) is 2. The van der Waals surface area contributed by atoms with Crippen molar-refractivity contribution in [1.82, 2.24) is 0 Å². The van der Waals surface area contributed by atoms with Gasteiger partial charge in [0, 0.05) is 0 Å². The Morgan fingerprint density at radius 1 is 1.21 bits per heavy atom. The predicted octanol–water partition coefficient (Wildman–Crippen LogP) is 0.847. The van der Waals surface area contributed by atoms with E-state index in [-0.39, 0.29) is 0 Å². The zero-order chi connectivity index (χ0) is 10.1. The molecule has 0 aromatic heterocycles. The van der Waals surface area contributed by atoms with Crippen LogP contribution in [0.3, 0.4) is 0 Å². The van der Waals surface area contributed by atoms with Crippen molar-refractivity contribution in [2.45, 2.75) is 18.9 Å². The lowest BCUT2D eigenvalue weighted by atomic mass is 9.82. The topological polar surface area (TPSA) is 57.5 Å². The highest BCUT2D eigenvalue weighted by Crippen LogP contribution is 2.25. The molecule has 1 aromatic rings. The quantitative estimate of drug-likeness (QED) is 0.693. The van der Waals surface area contributed by atoms with E-state index < -0.39 is 18.0 Å². The fourth-order valence-electron chi connectivity index (χ4n) is 1.95. The van der Waals surface area contributed by atoms with E-state index >= 15 is 0 Å². The van der Waals surface area contributed by atoms with Gasteiger partial charge in [-0.05, 0) is 24.0 Å². The Balaban J connectivity index is 2.31. The summed E-state index contributed by atoms with van der Waals surface area (Å²) in [6.07, 6.45) is 0.141. The van der Waals surface area contributed by atoms with Crippen LogP contribution in [0.25, 0.3) is 0 Å². The van der Waals surface area contributed by atoms with Crippen molar-refractivity contribution in [2.24, 2.45) is 5.92 Å². The summed E-state index contributed by atoms with van der Waals surface area (Å²) in [5, 5.41) is 18.5. The van der Waals surface area contributed by atoms with E-state index in [4.69, 9.17) is 5.11 Å². The van der Waals surface area contributed by atoms with E-state index in [9.17, 15) is 9.90 Å². The van der Waals surface area contributed by atoms with Gasteiger partial charge in [0.25, 0.3) is 0 Å². The zero-order valence-electron chi connectivity index (χ0n) is 7.68. The van der Waals surface area contributed by atoms with Crippen LogP contribution < -0.4 is 0 Å². The second-order valence-corrected chi connectivity index (χ2v) is 3.69. The average Bonchev–Trinajstić information content (AvgIpc) is 2.16. The third-order valence-corrected chi connectivity index (χ3v) is 2.77. The van der Waals surface area contributed by atoms with Crippen molar-refractivity contribution in [3.63, 3.8) is 0 Å². The van der Waals surface area contributed by atoms with Gasteiger partial charge in [0.15, 0.2) is 0 Å². The second-order valence-electron chi connectivity index (χ2n) is 3.69. The molecule has 0 aliphatic heterocycles. The van der Waals surface area contributed by atoms with Crippen LogP contribution in [0.15, 0.2) is 24.3 Å². The minimum atomic E-state index is -0.910. The molecule has 0 radical (unpaired) electrons. The summed E-state index contributed by atoms with van der Waals surface area (Å²) in [6.45, 7) is 0. The highest BCUT2D eigenvalue weighted by atomic mass is 16.4. The van der Waals surface area contributed by atoms with E-state index in [1.807, 2.05) is 24.3 Å². The predicted molar refractivity (Wildman–Crippen MR) is 51.0 cm³/mol. The molecule has 2 rings (SSSR count). The summed E-state index contributed by atoms with van der Waals surface area (Å²) >= 11 is 0. The Kier molecular flexibility index (Phi) is 2.25. The largest absolute Gasteiger partial charge is 0.481 e. The maximum absolute atomic E-state index is 10.8. The minimum Gasteiger partial charge on any atom is -0.481 e. The molecule has 1 aromatic carbocycles. The molecule has 14 heavy (non-hydrogen) atoms. The number of carboxylic acids is 1. The molecule has 1 aliphatic rings. The number of carboxylic acid groups (broad SMARTS) is 1. The lowest BCUT2D eigenvalue weighted by molar-refractivity contribution is -0.145. The average molecular weight is 192 g/mol. The van der Waals surface area contributed by atoms with Gasteiger partial charge in [-0.25, -0.2) is 0 Å². The molecular weight excluding hydrogens is 180 g/mol. The highest BCUT2D eigenvalue weighted by molar-refractivity contribution is 5.71. The van der Waals surface area contributed by atoms with Crippen LogP contribution in [0.5, 0.6) is 0 Å². The molecule has 0 bridgehead atoms. The van der Waals surface area contributed by atoms with Gasteiger partial charge in [-0.1, -0.05) is 24.3 Å². The lowest BCUT2D eigenvalue weighted by Crippen LogP contribution is -2.35. The molecule has 0 amide bonds. The van der Waals surface area contributed by atoms with Crippen LogP contribution in [0.1, 0.15) is 11.1 Å². The first-order valence-corrected chi connectivity index (χ1v) is 4.66. The third kappa shape index (κ3) is 1.51. The fraction of sp³-hybridized carbons (Fsp3) is 0.364. The molecular formula is C11H12O3. The molecule has 3 heteroatoms. The van der Waals surface area contributed by atoms with Crippen molar-refractivity contribution in [2.75, 3.05) is 0 Å². The first kappa shape index (κ1) is 9.21. The van der Waals surface area contributed by atoms with Gasteiger partial charge >= 0.3 is 5.97 Å². The molecule has 74 valence electrons. The van der Waals surface area contributed by atoms with Crippen LogP contribution >= 0.6 is 0 Å². The van der Waals surface area contributed by atoms with E-state index in [0.717, 1.165) is 11.1 Å². The van der Waals surface area contributed by atoms with Gasteiger partial charge in [-0.15, -0.1) is 0 Å². The number of aliphatic hydroxyl groups is 1. The Morgan fingerprint density at radius 2 is 1.79 bits per heavy atom. The smallest absolute Gasteiger partial charge is 0.309 e. The number of carbonyl (C=O) groups is 1. The molecule has 0 fully saturated rings. The maximum atomic E-state index is 10.8. The fourth-order valence-corrected chi connectivity index (χ4v) is 1.95. The monoisotopic (exact) mass is 192 g/mol. The first-order chi connectivity index (χ1) is 6.68. The van der Waals surface area contributed by atoms with Crippen molar-refractivity contribution < 1.29 is 15.0 Å². The van der Waals surface area contributed by atoms with Crippen molar-refractivity contribution in [3.05, 3.63) is 35.4 Å². The Labute approximate surface area is 82.0 Å². The van der Waals surface area contributed by atoms with E-state index in [2.05, 4.69) is 0 Å². The number of hydrogen-bond donors (Lipinski definition) is 2. The minimum absolute atomic E-state index is 0.437. The Hall–Kier alpha value is -1.35. The van der Waals surface area contributed by atoms with Crippen molar-refractivity contribution in [3.8, 4) is 0 Å². The van der Waals surface area contributed by atoms with E-state index in [1.54, 1.807) is 0 Å². The van der Waals surface area contributed by atoms with Crippen LogP contribution in [-0.2, 0) is 17.6 Å². The van der Waals surface area contributed by atoms with Crippen LogP contribution in [0.4, 0.5) is 0 Å². The van der Waals surface area contributed by atoms with Crippen LogP contribution in [0.2, 0.25) is 0 Å². The van der Waals surface area contributed by atoms with Gasteiger partial charge in [0.05, 0.1) is 12.0 Å². The summed E-state index contributed by atoms with van der Waals surface area (Å²) in [5.74, 6) is -1.56. The maximum Gasteiger partial charge on any atom is 0.309 e. The first-order valence-electron chi connectivity index (χ1n) is 4.66. The summed E-state index contributed by atoms with van der Waals surface area (Å²) in [5.41, 5.74) is 2.11. The lowest BCUT2D eigenvalue weighted by Gasteiger charge is -2.26. The van der Waals surface area contributed by atoms with Gasteiger partial charge < -0.3 is 10.2 Å². The van der Waals surface area contributed by atoms with Gasteiger partial charge in [-0.2, -0.15) is 0 Å². The molecule has 2 atom stereocenters. The van der Waals surface area contributed by atoms with Crippen molar-refractivity contribution in [1.29, 1.82) is 0 Å². The normalized spacial score (nSPS) is 25.5. The van der Waals surface area contributed by atoms with E-state index in [1.165, 1.54) is 0 Å². The van der Waals surface area contributed by atoms with Crippen molar-refractivity contribution >= 4 is 5.97 Å². The molecule has 3 nitrogen and oxygen atoms in total. The van der Waals surface area contributed by atoms with Crippen LogP contribution in [0, 0.1) is 5.92 Å². The Morgan fingerprint density at radius 3 is 2.36 bits per heavy atom. The zero-order valence-corrected chi connectivity index (χ0v) is 7.68.